The number of aromatic nitrogens is 2. The van der Waals surface area contributed by atoms with E-state index >= 15 is 0 Å². The molecule has 1 amide bonds. The van der Waals surface area contributed by atoms with E-state index in [2.05, 4.69) is 10.3 Å². The lowest BCUT2D eigenvalue weighted by Gasteiger charge is -2.30. The molecule has 1 aromatic heterocycles. The first-order valence-corrected chi connectivity index (χ1v) is 11.7. The van der Waals surface area contributed by atoms with Crippen molar-refractivity contribution in [2.75, 3.05) is 10.6 Å². The molecule has 31 heavy (non-hydrogen) atoms. The summed E-state index contributed by atoms with van der Waals surface area (Å²) < 4.78 is 41.1. The number of rotatable bonds is 8. The van der Waals surface area contributed by atoms with Crippen LogP contribution in [0.25, 0.3) is 5.69 Å². The Morgan fingerprint density at radius 2 is 1.81 bits per heavy atom. The summed E-state index contributed by atoms with van der Waals surface area (Å²) in [5.41, 5.74) is 2.07. The Morgan fingerprint density at radius 3 is 2.32 bits per heavy atom. The summed E-state index contributed by atoms with van der Waals surface area (Å²) in [5, 5.41) is 2.81. The van der Waals surface area contributed by atoms with Crippen LogP contribution in [0.4, 0.5) is 10.1 Å². The minimum absolute atomic E-state index is 0.242. The molecule has 9 heteroatoms. The van der Waals surface area contributed by atoms with Gasteiger partial charge in [-0.05, 0) is 55.3 Å². The third kappa shape index (κ3) is 5.29. The van der Waals surface area contributed by atoms with Gasteiger partial charge in [0.05, 0.1) is 11.9 Å². The van der Waals surface area contributed by atoms with Crippen LogP contribution in [0.5, 0.6) is 0 Å². The predicted octanol–water partition coefficient (Wildman–Crippen LogP) is 3.18. The van der Waals surface area contributed by atoms with Gasteiger partial charge in [-0.1, -0.05) is 19.1 Å². The van der Waals surface area contributed by atoms with Gasteiger partial charge in [-0.2, -0.15) is 0 Å². The Labute approximate surface area is 181 Å². The largest absolute Gasteiger partial charge is 0.350 e. The summed E-state index contributed by atoms with van der Waals surface area (Å²) in [6.07, 6.45) is 4.88. The number of benzene rings is 2. The summed E-state index contributed by atoms with van der Waals surface area (Å²) in [6, 6.07) is 11.7. The van der Waals surface area contributed by atoms with Crippen molar-refractivity contribution in [2.24, 2.45) is 0 Å². The van der Waals surface area contributed by atoms with Gasteiger partial charge in [0.25, 0.3) is 0 Å². The summed E-state index contributed by atoms with van der Waals surface area (Å²) >= 11 is 0. The maximum Gasteiger partial charge on any atom is 0.244 e. The van der Waals surface area contributed by atoms with Gasteiger partial charge in [0.2, 0.25) is 15.9 Å². The van der Waals surface area contributed by atoms with E-state index in [1.54, 1.807) is 13.1 Å². The highest BCUT2D eigenvalue weighted by atomic mass is 32.2. The Balaban J connectivity index is 1.74. The molecule has 1 heterocycles. The molecule has 0 radical (unpaired) electrons. The fourth-order valence-electron chi connectivity index (χ4n) is 3.38. The Morgan fingerprint density at radius 1 is 1.16 bits per heavy atom. The molecule has 0 bridgehead atoms. The number of amides is 1. The highest BCUT2D eigenvalue weighted by Gasteiger charge is 2.31. The Kier molecular flexibility index (Phi) is 6.74. The minimum Gasteiger partial charge on any atom is -0.350 e. The lowest BCUT2D eigenvalue weighted by Crippen LogP contribution is -2.49. The second-order valence-corrected chi connectivity index (χ2v) is 9.05. The van der Waals surface area contributed by atoms with Crippen molar-refractivity contribution in [3.63, 3.8) is 0 Å². The molecular weight excluding hydrogens is 419 g/mol. The highest BCUT2D eigenvalue weighted by Crippen LogP contribution is 2.23. The topological polar surface area (TPSA) is 84.3 Å². The first kappa shape index (κ1) is 22.5. The predicted molar refractivity (Wildman–Crippen MR) is 118 cm³/mol. The van der Waals surface area contributed by atoms with Gasteiger partial charge >= 0.3 is 0 Å². The van der Waals surface area contributed by atoms with Crippen molar-refractivity contribution >= 4 is 21.6 Å². The van der Waals surface area contributed by atoms with E-state index in [1.165, 1.54) is 24.3 Å². The van der Waals surface area contributed by atoms with Gasteiger partial charge in [0.15, 0.2) is 0 Å². The molecule has 3 rings (SSSR count). The van der Waals surface area contributed by atoms with Crippen LogP contribution in [-0.2, 0) is 21.4 Å². The van der Waals surface area contributed by atoms with Gasteiger partial charge in [0.1, 0.15) is 17.7 Å². The van der Waals surface area contributed by atoms with Crippen molar-refractivity contribution in [1.29, 1.82) is 0 Å². The van der Waals surface area contributed by atoms with Gasteiger partial charge < -0.3 is 9.88 Å². The lowest BCUT2D eigenvalue weighted by molar-refractivity contribution is -0.122. The quantitative estimate of drug-likeness (QED) is 0.578. The van der Waals surface area contributed by atoms with E-state index in [-0.39, 0.29) is 18.7 Å². The number of carbonyl (C=O) groups excluding carboxylic acids is 1. The fourth-order valence-corrected chi connectivity index (χ4v) is 4.59. The molecule has 164 valence electrons. The minimum atomic E-state index is -3.76. The van der Waals surface area contributed by atoms with Crippen LogP contribution in [0.3, 0.4) is 0 Å². The number of halogens is 1. The van der Waals surface area contributed by atoms with Crippen LogP contribution in [0.2, 0.25) is 0 Å². The number of imidazole rings is 1. The number of hydrogen-bond donors (Lipinski definition) is 1. The molecule has 7 nitrogen and oxygen atoms in total. The van der Waals surface area contributed by atoms with Crippen LogP contribution in [0, 0.1) is 12.7 Å². The van der Waals surface area contributed by atoms with Crippen molar-refractivity contribution in [1.82, 2.24) is 14.9 Å². The number of nitrogens with one attached hydrogen (secondary N) is 1. The molecule has 0 spiro atoms. The van der Waals surface area contributed by atoms with Crippen molar-refractivity contribution in [2.45, 2.75) is 32.9 Å². The monoisotopic (exact) mass is 444 g/mol. The van der Waals surface area contributed by atoms with Crippen LogP contribution >= 0.6 is 0 Å². The van der Waals surface area contributed by atoms with Crippen molar-refractivity contribution < 1.29 is 17.6 Å². The summed E-state index contributed by atoms with van der Waals surface area (Å²) in [4.78, 5) is 17.1. The zero-order valence-electron chi connectivity index (χ0n) is 17.6. The molecule has 0 saturated heterocycles. The number of aryl methyl sites for hydroxylation is 1. The first-order chi connectivity index (χ1) is 14.7. The van der Waals surface area contributed by atoms with Gasteiger partial charge in [-0.25, -0.2) is 17.8 Å². The molecule has 1 atom stereocenters. The lowest BCUT2D eigenvalue weighted by atomic mass is 10.1. The third-order valence-electron chi connectivity index (χ3n) is 4.92. The van der Waals surface area contributed by atoms with E-state index in [4.69, 9.17) is 0 Å². The van der Waals surface area contributed by atoms with Crippen LogP contribution in [0.15, 0.2) is 60.9 Å². The average Bonchev–Trinajstić information content (AvgIpc) is 3.16. The van der Waals surface area contributed by atoms with E-state index in [9.17, 15) is 17.6 Å². The standard InChI is InChI=1S/C22H25FN4O3S/c1-4-21(27(31(3,29)30)20-11-7-18(23)8-12-20)22(28)25-15-17-5-9-19(10-6-17)26-14-13-24-16(26)2/h5-14,21H,4,15H2,1-3H3,(H,25,28). The van der Waals surface area contributed by atoms with E-state index in [1.807, 2.05) is 42.0 Å². The van der Waals surface area contributed by atoms with Gasteiger partial charge in [0, 0.05) is 24.6 Å². The number of carbonyl (C=O) groups is 1. The molecule has 0 fully saturated rings. The molecule has 0 saturated carbocycles. The van der Waals surface area contributed by atoms with Gasteiger partial charge in [-0.15, -0.1) is 0 Å². The fraction of sp³-hybridized carbons (Fsp3) is 0.273. The SMILES string of the molecule is CCC(C(=O)NCc1ccc(-n2ccnc2C)cc1)N(c1ccc(F)cc1)S(C)(=O)=O. The Bertz CT molecular complexity index is 1140. The molecular formula is C22H25FN4O3S. The second kappa shape index (κ2) is 9.30. The van der Waals surface area contributed by atoms with Crippen molar-refractivity contribution in [3.8, 4) is 5.69 Å². The summed E-state index contributed by atoms with van der Waals surface area (Å²) in [7, 11) is -3.76. The molecule has 1 N–H and O–H groups in total. The maximum atomic E-state index is 13.3. The Hall–Kier alpha value is -3.20. The van der Waals surface area contributed by atoms with E-state index < -0.39 is 27.8 Å². The second-order valence-electron chi connectivity index (χ2n) is 7.19. The molecule has 2 aromatic carbocycles. The zero-order valence-corrected chi connectivity index (χ0v) is 18.4. The molecule has 3 aromatic rings. The van der Waals surface area contributed by atoms with Crippen molar-refractivity contribution in [3.05, 3.63) is 78.1 Å². The van der Waals surface area contributed by atoms with E-state index in [0.717, 1.165) is 27.6 Å². The normalized spacial score (nSPS) is 12.4. The molecule has 1 unspecified atom stereocenters. The average molecular weight is 445 g/mol. The maximum absolute atomic E-state index is 13.3. The molecule has 0 aliphatic carbocycles. The van der Waals surface area contributed by atoms with Crippen LogP contribution in [0.1, 0.15) is 24.7 Å². The smallest absolute Gasteiger partial charge is 0.244 e. The number of hydrogen-bond acceptors (Lipinski definition) is 4. The van der Waals surface area contributed by atoms with E-state index in [0.29, 0.717) is 0 Å². The third-order valence-corrected chi connectivity index (χ3v) is 6.10. The zero-order chi connectivity index (χ0) is 22.6. The molecule has 0 aliphatic rings. The number of sulfonamides is 1. The van der Waals surface area contributed by atoms with Crippen LogP contribution < -0.4 is 9.62 Å². The van der Waals surface area contributed by atoms with Crippen LogP contribution in [-0.4, -0.2) is 36.2 Å². The number of anilines is 1. The molecule has 0 aliphatic heterocycles. The summed E-state index contributed by atoms with van der Waals surface area (Å²) in [5.74, 6) is -0.0377. The van der Waals surface area contributed by atoms with Gasteiger partial charge in [-0.3, -0.25) is 9.10 Å². The highest BCUT2D eigenvalue weighted by molar-refractivity contribution is 7.92. The first-order valence-electron chi connectivity index (χ1n) is 9.82. The number of nitrogens with zero attached hydrogens (tertiary/aromatic N) is 3. The summed E-state index contributed by atoms with van der Waals surface area (Å²) in [6.45, 7) is 3.89.